The summed E-state index contributed by atoms with van der Waals surface area (Å²) >= 11 is 0. The number of methoxy groups -OCH3 is 2. The number of amides is 1. The van der Waals surface area contributed by atoms with E-state index in [4.69, 9.17) is 9.47 Å². The summed E-state index contributed by atoms with van der Waals surface area (Å²) in [5.74, 6) is 0.241. The first-order chi connectivity index (χ1) is 13.0. The van der Waals surface area contributed by atoms with Crippen molar-refractivity contribution in [1.29, 1.82) is 5.26 Å². The number of carbonyl (C=O) groups excluding carboxylic acids is 1. The Morgan fingerprint density at radius 1 is 1.19 bits per heavy atom. The number of hydrogen-bond donors (Lipinski definition) is 2. The van der Waals surface area contributed by atoms with E-state index in [9.17, 15) is 20.2 Å². The zero-order valence-corrected chi connectivity index (χ0v) is 14.6. The van der Waals surface area contributed by atoms with Crippen LogP contribution >= 0.6 is 0 Å². The first-order valence-electron chi connectivity index (χ1n) is 7.63. The Bertz CT molecular complexity index is 934. The molecule has 1 amide bonds. The fourth-order valence-electron chi connectivity index (χ4n) is 2.14. The lowest BCUT2D eigenvalue weighted by atomic mass is 10.2. The van der Waals surface area contributed by atoms with E-state index in [-0.39, 0.29) is 16.9 Å². The lowest BCUT2D eigenvalue weighted by Crippen LogP contribution is -2.15. The molecule has 9 heteroatoms. The third kappa shape index (κ3) is 4.73. The molecule has 0 saturated carbocycles. The van der Waals surface area contributed by atoms with E-state index < -0.39 is 10.8 Å². The summed E-state index contributed by atoms with van der Waals surface area (Å²) in [5.41, 5.74) is -0.0424. The van der Waals surface area contributed by atoms with E-state index in [1.54, 1.807) is 30.3 Å². The van der Waals surface area contributed by atoms with E-state index in [0.717, 1.165) is 0 Å². The number of nitro groups is 1. The summed E-state index contributed by atoms with van der Waals surface area (Å²) in [5, 5.41) is 25.4. The van der Waals surface area contributed by atoms with Crippen LogP contribution in [0, 0.1) is 21.4 Å². The van der Waals surface area contributed by atoms with Gasteiger partial charge < -0.3 is 20.1 Å². The number of ether oxygens (including phenoxy) is 2. The second kappa shape index (κ2) is 8.87. The van der Waals surface area contributed by atoms with Crippen molar-refractivity contribution in [1.82, 2.24) is 0 Å². The molecule has 2 N–H and O–H groups in total. The van der Waals surface area contributed by atoms with Gasteiger partial charge in [0.1, 0.15) is 28.8 Å². The minimum absolute atomic E-state index is 0.00400. The summed E-state index contributed by atoms with van der Waals surface area (Å²) in [4.78, 5) is 22.7. The topological polar surface area (TPSA) is 127 Å². The number of para-hydroxylation sites is 2. The SMILES string of the molecule is COc1ccc(N/C=C(/C#N)C(=O)Nc2ccccc2[N+](=O)[O-])c(OC)c1. The predicted octanol–water partition coefficient (Wildman–Crippen LogP) is 3.07. The Morgan fingerprint density at radius 2 is 1.93 bits per heavy atom. The van der Waals surface area contributed by atoms with Crippen LogP contribution in [0.5, 0.6) is 11.5 Å². The minimum Gasteiger partial charge on any atom is -0.497 e. The molecule has 0 aliphatic carbocycles. The molecular weight excluding hydrogens is 352 g/mol. The molecular formula is C18H16N4O5. The maximum absolute atomic E-state index is 12.3. The van der Waals surface area contributed by atoms with Gasteiger partial charge in [-0.25, -0.2) is 0 Å². The number of nitrogens with zero attached hydrogens (tertiary/aromatic N) is 2. The molecule has 0 atom stereocenters. The highest BCUT2D eigenvalue weighted by molar-refractivity contribution is 6.07. The van der Waals surface area contributed by atoms with Crippen molar-refractivity contribution >= 4 is 23.0 Å². The van der Waals surface area contributed by atoms with Crippen molar-refractivity contribution < 1.29 is 19.2 Å². The Kier molecular flexibility index (Phi) is 6.33. The number of anilines is 2. The van der Waals surface area contributed by atoms with Crippen molar-refractivity contribution in [3.63, 3.8) is 0 Å². The molecule has 0 bridgehead atoms. The lowest BCUT2D eigenvalue weighted by molar-refractivity contribution is -0.383. The molecule has 138 valence electrons. The Labute approximate surface area is 155 Å². The van der Waals surface area contributed by atoms with Crippen LogP contribution in [0.25, 0.3) is 0 Å². The Balaban J connectivity index is 2.21. The maximum Gasteiger partial charge on any atom is 0.292 e. The number of nitriles is 1. The minimum atomic E-state index is -0.785. The average Bonchev–Trinajstić information content (AvgIpc) is 2.68. The Hall–Kier alpha value is -4.06. The van der Waals surface area contributed by atoms with E-state index in [1.165, 1.54) is 38.6 Å². The molecule has 0 aliphatic rings. The molecule has 0 heterocycles. The van der Waals surface area contributed by atoms with Gasteiger partial charge in [-0.1, -0.05) is 12.1 Å². The van der Waals surface area contributed by atoms with Crippen LogP contribution in [0.1, 0.15) is 0 Å². The van der Waals surface area contributed by atoms with Crippen molar-refractivity contribution in [2.75, 3.05) is 24.9 Å². The van der Waals surface area contributed by atoms with Crippen molar-refractivity contribution in [2.45, 2.75) is 0 Å². The van der Waals surface area contributed by atoms with Gasteiger partial charge in [-0.05, 0) is 18.2 Å². The molecule has 2 rings (SSSR count). The van der Waals surface area contributed by atoms with Crippen LogP contribution in [-0.4, -0.2) is 25.1 Å². The van der Waals surface area contributed by atoms with Gasteiger partial charge in [0.15, 0.2) is 0 Å². The quantitative estimate of drug-likeness (QED) is 0.333. The fraction of sp³-hybridized carbons (Fsp3) is 0.111. The van der Waals surface area contributed by atoms with E-state index in [1.807, 2.05) is 0 Å². The van der Waals surface area contributed by atoms with Gasteiger partial charge in [-0.3, -0.25) is 14.9 Å². The van der Waals surface area contributed by atoms with Gasteiger partial charge in [-0.2, -0.15) is 5.26 Å². The van der Waals surface area contributed by atoms with Gasteiger partial charge in [0.2, 0.25) is 0 Å². The second-order valence-electron chi connectivity index (χ2n) is 5.11. The molecule has 2 aromatic carbocycles. The molecule has 0 saturated heterocycles. The first kappa shape index (κ1) is 19.3. The zero-order chi connectivity index (χ0) is 19.8. The summed E-state index contributed by atoms with van der Waals surface area (Å²) in [6, 6.07) is 12.4. The standard InChI is InChI=1S/C18H16N4O5/c1-26-13-7-8-15(17(9-13)27-2)20-11-12(10-19)18(23)21-14-5-3-4-6-16(14)22(24)25/h3-9,11,20H,1-2H3,(H,21,23)/b12-11-. The normalized spacial score (nSPS) is 10.5. The zero-order valence-electron chi connectivity index (χ0n) is 14.6. The summed E-state index contributed by atoms with van der Waals surface area (Å²) in [6.07, 6.45) is 1.19. The molecule has 0 unspecified atom stereocenters. The van der Waals surface area contributed by atoms with Crippen molar-refractivity contribution in [2.24, 2.45) is 0 Å². The number of nitro benzene ring substituents is 1. The molecule has 0 spiro atoms. The highest BCUT2D eigenvalue weighted by atomic mass is 16.6. The molecule has 2 aromatic rings. The monoisotopic (exact) mass is 368 g/mol. The molecule has 0 radical (unpaired) electrons. The Morgan fingerprint density at radius 3 is 2.56 bits per heavy atom. The molecule has 0 fully saturated rings. The third-order valence-corrected chi connectivity index (χ3v) is 3.49. The number of benzene rings is 2. The van der Waals surface area contributed by atoms with Gasteiger partial charge in [0, 0.05) is 18.3 Å². The smallest absolute Gasteiger partial charge is 0.292 e. The summed E-state index contributed by atoms with van der Waals surface area (Å²) < 4.78 is 10.3. The highest BCUT2D eigenvalue weighted by Crippen LogP contribution is 2.29. The molecule has 27 heavy (non-hydrogen) atoms. The van der Waals surface area contributed by atoms with Crippen molar-refractivity contribution in [3.05, 3.63) is 64.4 Å². The van der Waals surface area contributed by atoms with Crippen LogP contribution in [0.15, 0.2) is 54.2 Å². The largest absolute Gasteiger partial charge is 0.497 e. The molecule has 0 aromatic heterocycles. The number of hydrogen-bond acceptors (Lipinski definition) is 7. The molecule has 9 nitrogen and oxygen atoms in total. The summed E-state index contributed by atoms with van der Waals surface area (Å²) in [6.45, 7) is 0. The van der Waals surface area contributed by atoms with E-state index >= 15 is 0 Å². The number of nitrogens with one attached hydrogen (secondary N) is 2. The average molecular weight is 368 g/mol. The van der Waals surface area contributed by atoms with E-state index in [2.05, 4.69) is 10.6 Å². The third-order valence-electron chi connectivity index (χ3n) is 3.49. The highest BCUT2D eigenvalue weighted by Gasteiger charge is 2.17. The van der Waals surface area contributed by atoms with Crippen LogP contribution in [0.3, 0.4) is 0 Å². The van der Waals surface area contributed by atoms with E-state index in [0.29, 0.717) is 17.2 Å². The first-order valence-corrected chi connectivity index (χ1v) is 7.63. The van der Waals surface area contributed by atoms with Crippen LogP contribution in [0.4, 0.5) is 17.1 Å². The van der Waals surface area contributed by atoms with Crippen LogP contribution < -0.4 is 20.1 Å². The molecule has 0 aliphatic heterocycles. The fourth-order valence-corrected chi connectivity index (χ4v) is 2.14. The maximum atomic E-state index is 12.3. The van der Waals surface area contributed by atoms with Gasteiger partial charge in [-0.15, -0.1) is 0 Å². The number of carbonyl (C=O) groups is 1. The van der Waals surface area contributed by atoms with Crippen LogP contribution in [-0.2, 0) is 4.79 Å². The van der Waals surface area contributed by atoms with Gasteiger partial charge >= 0.3 is 0 Å². The predicted molar refractivity (Wildman–Crippen MR) is 98.6 cm³/mol. The lowest BCUT2D eigenvalue weighted by Gasteiger charge is -2.10. The van der Waals surface area contributed by atoms with Crippen molar-refractivity contribution in [3.8, 4) is 17.6 Å². The van der Waals surface area contributed by atoms with Gasteiger partial charge in [0.25, 0.3) is 11.6 Å². The summed E-state index contributed by atoms with van der Waals surface area (Å²) in [7, 11) is 2.98. The second-order valence-corrected chi connectivity index (χ2v) is 5.11. The van der Waals surface area contributed by atoms with Gasteiger partial charge in [0.05, 0.1) is 24.8 Å². The van der Waals surface area contributed by atoms with Crippen LogP contribution in [0.2, 0.25) is 0 Å². The number of rotatable bonds is 7.